The number of aliphatic carboxylic acids is 1. The van der Waals surface area contributed by atoms with Gasteiger partial charge in [-0.3, -0.25) is 4.79 Å². The summed E-state index contributed by atoms with van der Waals surface area (Å²) in [5.41, 5.74) is 5.65. The molecule has 1 rings (SSSR count). The number of methoxy groups -OCH3 is 1. The van der Waals surface area contributed by atoms with Gasteiger partial charge in [0, 0.05) is 13.2 Å². The van der Waals surface area contributed by atoms with Crippen molar-refractivity contribution in [3.8, 4) is 0 Å². The molecule has 0 aromatic carbocycles. The smallest absolute Gasteiger partial charge is 0.334 e. The van der Waals surface area contributed by atoms with Gasteiger partial charge in [0.05, 0.1) is 25.7 Å². The van der Waals surface area contributed by atoms with Gasteiger partial charge in [-0.25, -0.2) is 4.79 Å². The van der Waals surface area contributed by atoms with Crippen molar-refractivity contribution in [3.05, 3.63) is 0 Å². The zero-order valence-corrected chi connectivity index (χ0v) is 9.01. The second kappa shape index (κ2) is 5.78. The Kier molecular flexibility index (Phi) is 4.66. The van der Waals surface area contributed by atoms with Gasteiger partial charge < -0.3 is 25.6 Å². The topological polar surface area (TPSA) is 111 Å². The summed E-state index contributed by atoms with van der Waals surface area (Å²) >= 11 is 0. The molecule has 0 saturated carbocycles. The summed E-state index contributed by atoms with van der Waals surface area (Å²) in [4.78, 5) is 22.2. The van der Waals surface area contributed by atoms with Gasteiger partial charge in [0.15, 0.2) is 6.10 Å². The molecule has 3 atom stereocenters. The lowest BCUT2D eigenvalue weighted by Gasteiger charge is -2.15. The van der Waals surface area contributed by atoms with Gasteiger partial charge in [0.2, 0.25) is 5.91 Å². The fourth-order valence-electron chi connectivity index (χ4n) is 1.44. The van der Waals surface area contributed by atoms with Crippen LogP contribution in [-0.4, -0.2) is 56.0 Å². The predicted octanol–water partition coefficient (Wildman–Crippen LogP) is -1.82. The molecule has 1 aliphatic rings. The maximum atomic E-state index is 11.6. The van der Waals surface area contributed by atoms with Crippen LogP contribution in [0.5, 0.6) is 0 Å². The van der Waals surface area contributed by atoms with Gasteiger partial charge in [-0.15, -0.1) is 0 Å². The van der Waals surface area contributed by atoms with Crippen LogP contribution in [0.1, 0.15) is 0 Å². The number of carbonyl (C=O) groups excluding carboxylic acids is 1. The third-order valence-electron chi connectivity index (χ3n) is 2.48. The number of rotatable bonds is 5. The number of hydrogen-bond acceptors (Lipinski definition) is 5. The van der Waals surface area contributed by atoms with E-state index in [1.165, 1.54) is 7.11 Å². The SMILES string of the molecule is COC(CNC(=O)C1COCC1N)C(=O)O. The minimum Gasteiger partial charge on any atom is -0.479 e. The molecule has 7 heteroatoms. The molecule has 1 aliphatic heterocycles. The third kappa shape index (κ3) is 3.16. The van der Waals surface area contributed by atoms with E-state index in [0.717, 1.165) is 0 Å². The van der Waals surface area contributed by atoms with Crippen molar-refractivity contribution >= 4 is 11.9 Å². The molecule has 1 heterocycles. The highest BCUT2D eigenvalue weighted by atomic mass is 16.5. The number of carboxylic acid groups (broad SMARTS) is 1. The summed E-state index contributed by atoms with van der Waals surface area (Å²) in [5.74, 6) is -1.82. The van der Waals surface area contributed by atoms with Crippen LogP contribution in [0.15, 0.2) is 0 Å². The van der Waals surface area contributed by atoms with Gasteiger partial charge in [-0.05, 0) is 0 Å². The molecule has 7 nitrogen and oxygen atoms in total. The lowest BCUT2D eigenvalue weighted by Crippen LogP contribution is -2.45. The molecule has 1 saturated heterocycles. The number of ether oxygens (including phenoxy) is 2. The van der Waals surface area contributed by atoms with Crippen LogP contribution in [0.3, 0.4) is 0 Å². The Hall–Kier alpha value is -1.18. The summed E-state index contributed by atoms with van der Waals surface area (Å²) in [6, 6.07) is -0.328. The van der Waals surface area contributed by atoms with Crippen LogP contribution in [0.2, 0.25) is 0 Å². The lowest BCUT2D eigenvalue weighted by atomic mass is 10.0. The normalized spacial score (nSPS) is 26.4. The highest BCUT2D eigenvalue weighted by Gasteiger charge is 2.31. The molecule has 0 bridgehead atoms. The van der Waals surface area contributed by atoms with E-state index >= 15 is 0 Å². The molecule has 92 valence electrons. The van der Waals surface area contributed by atoms with Crippen LogP contribution in [0, 0.1) is 5.92 Å². The zero-order chi connectivity index (χ0) is 12.1. The summed E-state index contributed by atoms with van der Waals surface area (Å²) in [7, 11) is 1.27. The Morgan fingerprint density at radius 1 is 1.62 bits per heavy atom. The van der Waals surface area contributed by atoms with Crippen LogP contribution in [0.25, 0.3) is 0 Å². The number of amides is 1. The number of nitrogens with two attached hydrogens (primary N) is 1. The van der Waals surface area contributed by atoms with Crippen LogP contribution >= 0.6 is 0 Å². The summed E-state index contributed by atoms with van der Waals surface area (Å²) < 4.78 is 9.71. The maximum absolute atomic E-state index is 11.6. The molecule has 0 aromatic rings. The minimum atomic E-state index is -1.12. The lowest BCUT2D eigenvalue weighted by molar-refractivity contribution is -0.148. The predicted molar refractivity (Wildman–Crippen MR) is 53.7 cm³/mol. The average molecular weight is 232 g/mol. The summed E-state index contributed by atoms with van der Waals surface area (Å²) in [6.07, 6.45) is -1.04. The van der Waals surface area contributed by atoms with Crippen LogP contribution in [-0.2, 0) is 19.1 Å². The second-order valence-corrected chi connectivity index (χ2v) is 3.62. The van der Waals surface area contributed by atoms with Gasteiger partial charge >= 0.3 is 5.97 Å². The quantitative estimate of drug-likeness (QED) is 0.514. The van der Waals surface area contributed by atoms with E-state index in [9.17, 15) is 9.59 Å². The molecule has 3 unspecified atom stereocenters. The number of nitrogens with one attached hydrogen (secondary N) is 1. The first-order chi connectivity index (χ1) is 7.56. The van der Waals surface area contributed by atoms with Crippen molar-refractivity contribution in [2.24, 2.45) is 11.7 Å². The first-order valence-corrected chi connectivity index (χ1v) is 4.93. The molecule has 0 spiro atoms. The van der Waals surface area contributed by atoms with E-state index < -0.39 is 18.0 Å². The highest BCUT2D eigenvalue weighted by Crippen LogP contribution is 2.11. The Labute approximate surface area is 92.9 Å². The molecule has 1 fully saturated rings. The molecule has 0 aromatic heterocycles. The Morgan fingerprint density at radius 3 is 2.75 bits per heavy atom. The van der Waals surface area contributed by atoms with Crippen molar-refractivity contribution in [2.45, 2.75) is 12.1 Å². The van der Waals surface area contributed by atoms with Crippen molar-refractivity contribution in [3.63, 3.8) is 0 Å². The van der Waals surface area contributed by atoms with E-state index in [2.05, 4.69) is 10.1 Å². The fraction of sp³-hybridized carbons (Fsp3) is 0.778. The molecule has 1 amide bonds. The van der Waals surface area contributed by atoms with Crippen molar-refractivity contribution in [1.82, 2.24) is 5.32 Å². The van der Waals surface area contributed by atoms with Crippen LogP contribution < -0.4 is 11.1 Å². The van der Waals surface area contributed by atoms with E-state index in [4.69, 9.17) is 15.6 Å². The first-order valence-electron chi connectivity index (χ1n) is 4.93. The first kappa shape index (κ1) is 12.9. The molecular formula is C9H16N2O5. The standard InChI is InChI=1S/C9H16N2O5/c1-15-7(9(13)14)2-11-8(12)5-3-16-4-6(5)10/h5-7H,2-4,10H2,1H3,(H,11,12)(H,13,14). The minimum absolute atomic E-state index is 0.0755. The number of hydrogen-bond donors (Lipinski definition) is 3. The maximum Gasteiger partial charge on any atom is 0.334 e. The van der Waals surface area contributed by atoms with E-state index in [0.29, 0.717) is 6.61 Å². The van der Waals surface area contributed by atoms with Crippen LogP contribution in [0.4, 0.5) is 0 Å². The number of carbonyl (C=O) groups is 2. The summed E-state index contributed by atoms with van der Waals surface area (Å²) in [5, 5.41) is 11.2. The molecular weight excluding hydrogens is 216 g/mol. The largest absolute Gasteiger partial charge is 0.479 e. The number of carboxylic acids is 1. The van der Waals surface area contributed by atoms with E-state index in [1.807, 2.05) is 0 Å². The average Bonchev–Trinajstić information content (AvgIpc) is 2.64. The second-order valence-electron chi connectivity index (χ2n) is 3.62. The fourth-order valence-corrected chi connectivity index (χ4v) is 1.44. The van der Waals surface area contributed by atoms with E-state index in [1.54, 1.807) is 0 Å². The Bertz CT molecular complexity index is 271. The van der Waals surface area contributed by atoms with Crippen molar-refractivity contribution in [2.75, 3.05) is 26.9 Å². The monoisotopic (exact) mass is 232 g/mol. The molecule has 16 heavy (non-hydrogen) atoms. The van der Waals surface area contributed by atoms with E-state index in [-0.39, 0.29) is 25.1 Å². The zero-order valence-electron chi connectivity index (χ0n) is 9.01. The van der Waals surface area contributed by atoms with Crippen molar-refractivity contribution in [1.29, 1.82) is 0 Å². The Balaban J connectivity index is 2.37. The highest BCUT2D eigenvalue weighted by molar-refractivity contribution is 5.81. The third-order valence-corrected chi connectivity index (χ3v) is 2.48. The molecule has 4 N–H and O–H groups in total. The van der Waals surface area contributed by atoms with Gasteiger partial charge in [-0.1, -0.05) is 0 Å². The molecule has 0 radical (unpaired) electrons. The van der Waals surface area contributed by atoms with Crippen molar-refractivity contribution < 1.29 is 24.2 Å². The van der Waals surface area contributed by atoms with Gasteiger partial charge in [0.1, 0.15) is 0 Å². The summed E-state index contributed by atoms with van der Waals surface area (Å²) in [6.45, 7) is 0.552. The Morgan fingerprint density at radius 2 is 2.31 bits per heavy atom. The van der Waals surface area contributed by atoms with Gasteiger partial charge in [-0.2, -0.15) is 0 Å². The van der Waals surface area contributed by atoms with Gasteiger partial charge in [0.25, 0.3) is 0 Å². The molecule has 0 aliphatic carbocycles.